The number of benzene rings is 3. The third-order valence-electron chi connectivity index (χ3n) is 4.86. The van der Waals surface area contributed by atoms with Crippen LogP contribution in [0.4, 0.5) is 17.6 Å². The summed E-state index contributed by atoms with van der Waals surface area (Å²) in [5.41, 5.74) is 1.64. The molecule has 0 saturated heterocycles. The van der Waals surface area contributed by atoms with Gasteiger partial charge < -0.3 is 0 Å². The Labute approximate surface area is 167 Å². The Morgan fingerprint density at radius 2 is 1.41 bits per heavy atom. The van der Waals surface area contributed by atoms with Gasteiger partial charge in [-0.15, -0.1) is 0 Å². The summed E-state index contributed by atoms with van der Waals surface area (Å²) < 4.78 is 56.6. The Bertz CT molecular complexity index is 1040. The highest BCUT2D eigenvalue weighted by Gasteiger charge is 2.16. The third-order valence-corrected chi connectivity index (χ3v) is 4.86. The standard InChI is InChI=1S/C24H19F4N/c1-2-3-15-4-7-17(8-5-15)19-11-10-18(23(27)24(19)28)9-6-16-12-21(25)20(14-29)22(26)13-16/h4-5,7-8,10-13H,2-3,6,9H2,1H3. The number of halogens is 4. The zero-order valence-corrected chi connectivity index (χ0v) is 15.9. The maximum Gasteiger partial charge on any atom is 0.166 e. The SMILES string of the molecule is CCCc1ccc(-c2ccc(CCc3cc(F)c(C#N)c(F)c3)c(F)c2F)cc1. The van der Waals surface area contributed by atoms with Gasteiger partial charge in [0.2, 0.25) is 0 Å². The third kappa shape index (κ3) is 4.48. The first-order valence-electron chi connectivity index (χ1n) is 9.38. The van der Waals surface area contributed by atoms with Gasteiger partial charge in [-0.25, -0.2) is 17.6 Å². The molecule has 0 fully saturated rings. The average Bonchev–Trinajstić information content (AvgIpc) is 2.70. The number of hydrogen-bond donors (Lipinski definition) is 0. The fourth-order valence-corrected chi connectivity index (χ4v) is 3.30. The van der Waals surface area contributed by atoms with Crippen molar-refractivity contribution < 1.29 is 17.6 Å². The number of aryl methyl sites for hydroxylation is 3. The molecule has 3 aromatic rings. The van der Waals surface area contributed by atoms with Crippen molar-refractivity contribution in [2.45, 2.75) is 32.6 Å². The van der Waals surface area contributed by atoms with Gasteiger partial charge in [0, 0.05) is 5.56 Å². The normalized spacial score (nSPS) is 10.8. The van der Waals surface area contributed by atoms with Crippen LogP contribution in [-0.2, 0) is 19.3 Å². The monoisotopic (exact) mass is 397 g/mol. The minimum absolute atomic E-state index is 0.0727. The number of nitrogens with zero attached hydrogens (tertiary/aromatic N) is 1. The first-order valence-corrected chi connectivity index (χ1v) is 9.38. The van der Waals surface area contributed by atoms with E-state index in [0.29, 0.717) is 5.56 Å². The Kier molecular flexibility index (Phi) is 6.33. The van der Waals surface area contributed by atoms with Gasteiger partial charge in [0.25, 0.3) is 0 Å². The van der Waals surface area contributed by atoms with Gasteiger partial charge in [0.15, 0.2) is 11.6 Å². The molecule has 1 nitrogen and oxygen atoms in total. The first-order chi connectivity index (χ1) is 13.9. The van der Waals surface area contributed by atoms with Crippen LogP contribution in [0, 0.1) is 34.6 Å². The van der Waals surface area contributed by atoms with E-state index in [1.807, 2.05) is 12.1 Å². The Morgan fingerprint density at radius 3 is 2.00 bits per heavy atom. The molecular weight excluding hydrogens is 378 g/mol. The lowest BCUT2D eigenvalue weighted by molar-refractivity contribution is 0.501. The van der Waals surface area contributed by atoms with Crippen molar-refractivity contribution in [2.24, 2.45) is 0 Å². The Hall–Kier alpha value is -3.13. The van der Waals surface area contributed by atoms with Crippen LogP contribution in [0.5, 0.6) is 0 Å². The smallest absolute Gasteiger partial charge is 0.166 e. The molecule has 3 rings (SSSR count). The van der Waals surface area contributed by atoms with E-state index in [9.17, 15) is 17.6 Å². The van der Waals surface area contributed by atoms with Crippen molar-refractivity contribution in [1.29, 1.82) is 5.26 Å². The van der Waals surface area contributed by atoms with Crippen molar-refractivity contribution in [3.63, 3.8) is 0 Å². The fourth-order valence-electron chi connectivity index (χ4n) is 3.30. The fraction of sp³-hybridized carbons (Fsp3) is 0.208. The van der Waals surface area contributed by atoms with Crippen molar-refractivity contribution in [3.05, 3.63) is 94.1 Å². The van der Waals surface area contributed by atoms with Gasteiger partial charge >= 0.3 is 0 Å². The summed E-state index contributed by atoms with van der Waals surface area (Å²) in [7, 11) is 0. The zero-order chi connectivity index (χ0) is 21.0. The van der Waals surface area contributed by atoms with Crippen molar-refractivity contribution >= 4 is 0 Å². The minimum Gasteiger partial charge on any atom is -0.205 e. The molecule has 0 saturated carbocycles. The molecule has 0 aliphatic heterocycles. The second-order valence-electron chi connectivity index (χ2n) is 6.89. The maximum absolute atomic E-state index is 14.6. The molecule has 5 heteroatoms. The highest BCUT2D eigenvalue weighted by Crippen LogP contribution is 2.28. The van der Waals surface area contributed by atoms with Crippen LogP contribution in [0.3, 0.4) is 0 Å². The molecule has 0 aliphatic rings. The second kappa shape index (κ2) is 8.91. The topological polar surface area (TPSA) is 23.8 Å². The van der Waals surface area contributed by atoms with E-state index in [2.05, 4.69) is 6.92 Å². The van der Waals surface area contributed by atoms with Gasteiger partial charge in [-0.2, -0.15) is 5.26 Å². The lowest BCUT2D eigenvalue weighted by Gasteiger charge is -2.10. The molecule has 0 amide bonds. The molecule has 0 bridgehead atoms. The highest BCUT2D eigenvalue weighted by atomic mass is 19.2. The molecule has 0 unspecified atom stereocenters. The maximum atomic E-state index is 14.6. The van der Waals surface area contributed by atoms with Crippen molar-refractivity contribution in [2.75, 3.05) is 0 Å². The quantitative estimate of drug-likeness (QED) is 0.435. The Morgan fingerprint density at radius 1 is 0.759 bits per heavy atom. The predicted octanol–water partition coefficient (Wildman–Crippen LogP) is 6.52. The zero-order valence-electron chi connectivity index (χ0n) is 15.9. The van der Waals surface area contributed by atoms with Gasteiger partial charge in [-0.05, 0) is 53.6 Å². The van der Waals surface area contributed by atoms with Gasteiger partial charge in [0.05, 0.1) is 0 Å². The summed E-state index contributed by atoms with van der Waals surface area (Å²) in [6.07, 6.45) is 2.11. The summed E-state index contributed by atoms with van der Waals surface area (Å²) >= 11 is 0. The molecule has 0 N–H and O–H groups in total. The largest absolute Gasteiger partial charge is 0.205 e. The first kappa shape index (κ1) is 20.6. The van der Waals surface area contributed by atoms with Gasteiger partial charge in [-0.3, -0.25) is 0 Å². The molecule has 0 atom stereocenters. The van der Waals surface area contributed by atoms with E-state index in [-0.39, 0.29) is 29.5 Å². The van der Waals surface area contributed by atoms with Crippen LogP contribution in [0.15, 0.2) is 48.5 Å². The van der Waals surface area contributed by atoms with Crippen molar-refractivity contribution in [3.8, 4) is 17.2 Å². The summed E-state index contributed by atoms with van der Waals surface area (Å²) in [6.45, 7) is 2.07. The molecule has 148 valence electrons. The number of nitriles is 1. The van der Waals surface area contributed by atoms with Gasteiger partial charge in [-0.1, -0.05) is 49.7 Å². The molecule has 0 radical (unpaired) electrons. The summed E-state index contributed by atoms with van der Waals surface area (Å²) in [6, 6.07) is 13.9. The molecule has 0 aliphatic carbocycles. The van der Waals surface area contributed by atoms with Crippen LogP contribution >= 0.6 is 0 Å². The lowest BCUT2D eigenvalue weighted by atomic mass is 9.97. The molecule has 3 aromatic carbocycles. The lowest BCUT2D eigenvalue weighted by Crippen LogP contribution is -2.01. The average molecular weight is 397 g/mol. The minimum atomic E-state index is -0.963. The summed E-state index contributed by atoms with van der Waals surface area (Å²) in [5.74, 6) is -3.83. The van der Waals surface area contributed by atoms with E-state index in [4.69, 9.17) is 5.26 Å². The van der Waals surface area contributed by atoms with Crippen LogP contribution < -0.4 is 0 Å². The summed E-state index contributed by atoms with van der Waals surface area (Å²) in [5, 5.41) is 8.71. The second-order valence-corrected chi connectivity index (χ2v) is 6.89. The molecule has 29 heavy (non-hydrogen) atoms. The van der Waals surface area contributed by atoms with E-state index < -0.39 is 28.8 Å². The van der Waals surface area contributed by atoms with Crippen LogP contribution in [0.2, 0.25) is 0 Å². The number of hydrogen-bond acceptors (Lipinski definition) is 1. The van der Waals surface area contributed by atoms with Crippen LogP contribution in [0.1, 0.15) is 35.6 Å². The van der Waals surface area contributed by atoms with Gasteiger partial charge in [0.1, 0.15) is 23.3 Å². The van der Waals surface area contributed by atoms with Crippen molar-refractivity contribution in [1.82, 2.24) is 0 Å². The molecular formula is C24H19F4N. The molecule has 0 spiro atoms. The van der Waals surface area contributed by atoms with E-state index >= 15 is 0 Å². The number of rotatable bonds is 6. The van der Waals surface area contributed by atoms with Crippen LogP contribution in [0.25, 0.3) is 11.1 Å². The van der Waals surface area contributed by atoms with E-state index in [1.54, 1.807) is 12.1 Å². The van der Waals surface area contributed by atoms with Crippen LogP contribution in [-0.4, -0.2) is 0 Å². The predicted molar refractivity (Wildman–Crippen MR) is 104 cm³/mol. The molecule has 0 aromatic heterocycles. The summed E-state index contributed by atoms with van der Waals surface area (Å²) in [4.78, 5) is 0. The molecule has 0 heterocycles. The van der Waals surface area contributed by atoms with E-state index in [1.165, 1.54) is 18.2 Å². The highest BCUT2D eigenvalue weighted by molar-refractivity contribution is 5.65. The Balaban J connectivity index is 1.80. The van der Waals surface area contributed by atoms with E-state index in [0.717, 1.165) is 30.5 Å².